The average Bonchev–Trinajstić information content (AvgIpc) is 3.35. The van der Waals surface area contributed by atoms with Gasteiger partial charge < -0.3 is 15.4 Å². The van der Waals surface area contributed by atoms with E-state index in [0.29, 0.717) is 6.04 Å². The highest BCUT2D eigenvalue weighted by molar-refractivity contribution is 14.0. The largest absolute Gasteiger partial charge is 0.379 e. The number of aliphatic imine (C=N–C) groups is 1. The van der Waals surface area contributed by atoms with Crippen molar-refractivity contribution in [3.8, 4) is 0 Å². The van der Waals surface area contributed by atoms with Crippen molar-refractivity contribution in [1.82, 2.24) is 15.5 Å². The van der Waals surface area contributed by atoms with E-state index in [1.807, 2.05) is 22.7 Å². The molecule has 0 amide bonds. The molecule has 2 N–H and O–H groups in total. The van der Waals surface area contributed by atoms with Crippen LogP contribution in [-0.4, -0.2) is 56.8 Å². The Morgan fingerprint density at radius 1 is 1.25 bits per heavy atom. The molecule has 2 aromatic heterocycles. The Balaban J connectivity index is 0.00000280. The molecule has 0 bridgehead atoms. The van der Waals surface area contributed by atoms with E-state index in [0.717, 1.165) is 58.3 Å². The second-order valence-corrected chi connectivity index (χ2v) is 8.94. The molecule has 5 nitrogen and oxygen atoms in total. The normalized spacial score (nSPS) is 16.4. The maximum atomic E-state index is 5.55. The topological polar surface area (TPSA) is 48.9 Å². The molecule has 0 aliphatic carbocycles. The Bertz CT molecular complexity index is 699. The number of aryl methyl sites for hydroxylation is 1. The second-order valence-electron chi connectivity index (χ2n) is 6.59. The van der Waals surface area contributed by atoms with E-state index in [2.05, 4.69) is 59.0 Å². The summed E-state index contributed by atoms with van der Waals surface area (Å²) in [6.45, 7) is 10.4. The fourth-order valence-corrected chi connectivity index (χ4v) is 4.90. The molecule has 0 radical (unpaired) electrons. The van der Waals surface area contributed by atoms with Gasteiger partial charge in [-0.2, -0.15) is 0 Å². The Morgan fingerprint density at radius 3 is 2.71 bits per heavy atom. The SMILES string of the molecule is CCNC(=NCC(c1ccc(C)s1)N1CCOCC1)NCCc1cccs1.I. The first-order valence-corrected chi connectivity index (χ1v) is 11.4. The fraction of sp³-hybridized carbons (Fsp3) is 0.550. The smallest absolute Gasteiger partial charge is 0.191 e. The van der Waals surface area contributed by atoms with Gasteiger partial charge in [-0.3, -0.25) is 9.89 Å². The molecule has 2 aromatic rings. The van der Waals surface area contributed by atoms with Gasteiger partial charge in [-0.05, 0) is 43.8 Å². The van der Waals surface area contributed by atoms with Gasteiger partial charge in [0.2, 0.25) is 0 Å². The van der Waals surface area contributed by atoms with Crippen LogP contribution >= 0.6 is 46.7 Å². The second kappa shape index (κ2) is 12.8. The zero-order chi connectivity index (χ0) is 18.9. The summed E-state index contributed by atoms with van der Waals surface area (Å²) in [5.74, 6) is 0.903. The molecule has 3 rings (SSSR count). The quantitative estimate of drug-likeness (QED) is 0.307. The highest BCUT2D eigenvalue weighted by Crippen LogP contribution is 2.28. The Labute approximate surface area is 193 Å². The lowest BCUT2D eigenvalue weighted by Gasteiger charge is -2.33. The Hall–Kier alpha value is -0.680. The van der Waals surface area contributed by atoms with Gasteiger partial charge in [0.15, 0.2) is 5.96 Å². The lowest BCUT2D eigenvalue weighted by Crippen LogP contribution is -2.42. The van der Waals surface area contributed by atoms with Crippen molar-refractivity contribution in [2.45, 2.75) is 26.3 Å². The highest BCUT2D eigenvalue weighted by atomic mass is 127. The number of thiophene rings is 2. The summed E-state index contributed by atoms with van der Waals surface area (Å²) in [7, 11) is 0. The van der Waals surface area contributed by atoms with Gasteiger partial charge in [0, 0.05) is 40.8 Å². The number of nitrogens with zero attached hydrogens (tertiary/aromatic N) is 2. The minimum atomic E-state index is 0. The van der Waals surface area contributed by atoms with Gasteiger partial charge >= 0.3 is 0 Å². The molecule has 1 saturated heterocycles. The van der Waals surface area contributed by atoms with E-state index >= 15 is 0 Å². The van der Waals surface area contributed by atoms with E-state index in [-0.39, 0.29) is 24.0 Å². The van der Waals surface area contributed by atoms with E-state index < -0.39 is 0 Å². The first-order chi connectivity index (χ1) is 13.3. The van der Waals surface area contributed by atoms with Gasteiger partial charge in [-0.25, -0.2) is 0 Å². The van der Waals surface area contributed by atoms with Gasteiger partial charge in [-0.1, -0.05) is 6.07 Å². The number of rotatable bonds is 8. The maximum absolute atomic E-state index is 5.55. The van der Waals surface area contributed by atoms with Crippen molar-refractivity contribution < 1.29 is 4.74 Å². The van der Waals surface area contributed by atoms with Gasteiger partial charge in [-0.15, -0.1) is 46.7 Å². The summed E-state index contributed by atoms with van der Waals surface area (Å²) in [5.41, 5.74) is 0. The molecule has 1 aliphatic rings. The third kappa shape index (κ3) is 7.29. The van der Waals surface area contributed by atoms with Crippen molar-refractivity contribution in [3.63, 3.8) is 0 Å². The molecule has 1 atom stereocenters. The molecule has 1 fully saturated rings. The number of morpholine rings is 1. The van der Waals surface area contributed by atoms with E-state index in [1.54, 1.807) is 0 Å². The molecule has 0 aromatic carbocycles. The molecule has 28 heavy (non-hydrogen) atoms. The number of halogens is 1. The monoisotopic (exact) mass is 534 g/mol. The fourth-order valence-electron chi connectivity index (χ4n) is 3.19. The van der Waals surface area contributed by atoms with Crippen LogP contribution in [0.3, 0.4) is 0 Å². The number of hydrogen-bond acceptors (Lipinski definition) is 5. The summed E-state index contributed by atoms with van der Waals surface area (Å²) in [5, 5.41) is 8.99. The van der Waals surface area contributed by atoms with Crippen molar-refractivity contribution in [2.75, 3.05) is 45.9 Å². The van der Waals surface area contributed by atoms with Crippen LogP contribution in [0, 0.1) is 6.92 Å². The van der Waals surface area contributed by atoms with Crippen LogP contribution in [0.1, 0.15) is 27.6 Å². The van der Waals surface area contributed by atoms with Crippen molar-refractivity contribution in [3.05, 3.63) is 44.3 Å². The van der Waals surface area contributed by atoms with Crippen molar-refractivity contribution in [1.29, 1.82) is 0 Å². The highest BCUT2D eigenvalue weighted by Gasteiger charge is 2.23. The van der Waals surface area contributed by atoms with E-state index in [1.165, 1.54) is 14.6 Å². The summed E-state index contributed by atoms with van der Waals surface area (Å²) in [4.78, 5) is 11.6. The van der Waals surface area contributed by atoms with Crippen molar-refractivity contribution in [2.24, 2.45) is 4.99 Å². The number of nitrogens with one attached hydrogen (secondary N) is 2. The predicted octanol–water partition coefficient (Wildman–Crippen LogP) is 3.91. The predicted molar refractivity (Wildman–Crippen MR) is 132 cm³/mol. The Morgan fingerprint density at radius 2 is 2.07 bits per heavy atom. The van der Waals surface area contributed by atoms with Crippen LogP contribution < -0.4 is 10.6 Å². The minimum absolute atomic E-state index is 0. The lowest BCUT2D eigenvalue weighted by atomic mass is 10.2. The third-order valence-electron chi connectivity index (χ3n) is 4.59. The molecule has 3 heterocycles. The zero-order valence-corrected chi connectivity index (χ0v) is 20.6. The Kier molecular flexibility index (Phi) is 10.8. The molecule has 0 spiro atoms. The lowest BCUT2D eigenvalue weighted by molar-refractivity contribution is 0.0186. The number of ether oxygens (including phenoxy) is 1. The van der Waals surface area contributed by atoms with Crippen LogP contribution in [0.5, 0.6) is 0 Å². The van der Waals surface area contributed by atoms with Crippen LogP contribution in [0.2, 0.25) is 0 Å². The summed E-state index contributed by atoms with van der Waals surface area (Å²) >= 11 is 3.69. The summed E-state index contributed by atoms with van der Waals surface area (Å²) in [6.07, 6.45) is 1.03. The summed E-state index contributed by atoms with van der Waals surface area (Å²) in [6, 6.07) is 9.08. The van der Waals surface area contributed by atoms with Crippen LogP contribution in [0.4, 0.5) is 0 Å². The maximum Gasteiger partial charge on any atom is 0.191 e. The average molecular weight is 535 g/mol. The first-order valence-electron chi connectivity index (χ1n) is 9.69. The third-order valence-corrected chi connectivity index (χ3v) is 6.62. The standard InChI is InChI=1S/C20H30N4OS2.HI/c1-3-21-20(22-9-8-17-5-4-14-26-17)23-15-18(19-7-6-16(2)27-19)24-10-12-25-13-11-24;/h4-7,14,18H,3,8-13,15H2,1-2H3,(H2,21,22,23);1H. The molecule has 156 valence electrons. The number of hydrogen-bond donors (Lipinski definition) is 2. The molecule has 8 heteroatoms. The number of guanidine groups is 1. The van der Waals surface area contributed by atoms with Gasteiger partial charge in [0.25, 0.3) is 0 Å². The van der Waals surface area contributed by atoms with Crippen LogP contribution in [-0.2, 0) is 11.2 Å². The van der Waals surface area contributed by atoms with Crippen molar-refractivity contribution >= 4 is 52.6 Å². The molecule has 1 aliphatic heterocycles. The minimum Gasteiger partial charge on any atom is -0.379 e. The molecule has 0 saturated carbocycles. The van der Waals surface area contributed by atoms with E-state index in [9.17, 15) is 0 Å². The molecular weight excluding hydrogens is 503 g/mol. The molecule has 1 unspecified atom stereocenters. The van der Waals surface area contributed by atoms with E-state index in [4.69, 9.17) is 9.73 Å². The summed E-state index contributed by atoms with van der Waals surface area (Å²) < 4.78 is 5.55. The first kappa shape index (κ1) is 23.6. The van der Waals surface area contributed by atoms with Crippen LogP contribution in [0.15, 0.2) is 34.6 Å². The van der Waals surface area contributed by atoms with Gasteiger partial charge in [0.1, 0.15) is 0 Å². The van der Waals surface area contributed by atoms with Crippen LogP contribution in [0.25, 0.3) is 0 Å². The van der Waals surface area contributed by atoms with Gasteiger partial charge in [0.05, 0.1) is 25.8 Å². The zero-order valence-electron chi connectivity index (χ0n) is 16.6. The molecular formula is C20H31IN4OS2.